The summed E-state index contributed by atoms with van der Waals surface area (Å²) in [6, 6.07) is 0. The highest BCUT2D eigenvalue weighted by atomic mass is 32.1. The zero-order valence-electron chi connectivity index (χ0n) is 8.84. The molecule has 0 saturated carbocycles. The third-order valence-electron chi connectivity index (χ3n) is 2.36. The molecule has 0 bridgehead atoms. The molecule has 82 valence electrons. The summed E-state index contributed by atoms with van der Waals surface area (Å²) >= 11 is 1.44. The Morgan fingerprint density at radius 3 is 2.73 bits per heavy atom. The molecule has 2 atom stereocenters. The fraction of sp³-hybridized carbons (Fsp3) is 0.600. The van der Waals surface area contributed by atoms with Crippen molar-refractivity contribution in [3.8, 4) is 0 Å². The van der Waals surface area contributed by atoms with Gasteiger partial charge in [-0.2, -0.15) is 0 Å². The molecule has 1 saturated heterocycles. The third-order valence-corrected chi connectivity index (χ3v) is 2.94. The van der Waals surface area contributed by atoms with Crippen LogP contribution >= 0.6 is 11.3 Å². The second-order valence-corrected chi connectivity index (χ2v) is 4.56. The first-order valence-corrected chi connectivity index (χ1v) is 5.94. The monoisotopic (exact) mass is 226 g/mol. The van der Waals surface area contributed by atoms with Crippen LogP contribution in [0.2, 0.25) is 0 Å². The fourth-order valence-corrected chi connectivity index (χ4v) is 2.35. The van der Waals surface area contributed by atoms with Crippen LogP contribution in [0, 0.1) is 0 Å². The first kappa shape index (κ1) is 10.6. The van der Waals surface area contributed by atoms with Crippen molar-refractivity contribution in [3.05, 3.63) is 16.6 Å². The number of ether oxygens (including phenoxy) is 1. The number of nitrogens with zero attached hydrogens (tertiary/aromatic N) is 2. The quantitative estimate of drug-likeness (QED) is 0.726. The number of rotatable bonds is 1. The molecule has 1 fully saturated rings. The van der Waals surface area contributed by atoms with E-state index in [1.54, 1.807) is 10.9 Å². The molecule has 15 heavy (non-hydrogen) atoms. The topological polar surface area (TPSA) is 42.4 Å². The lowest BCUT2D eigenvalue weighted by molar-refractivity contribution is -0.0587. The average Bonchev–Trinajstić information content (AvgIpc) is 2.67. The molecular weight excluding hydrogens is 212 g/mol. The van der Waals surface area contributed by atoms with Crippen LogP contribution in [0.3, 0.4) is 0 Å². The Morgan fingerprint density at radius 1 is 1.53 bits per heavy atom. The van der Waals surface area contributed by atoms with Crippen molar-refractivity contribution in [3.63, 3.8) is 0 Å². The van der Waals surface area contributed by atoms with Crippen LogP contribution in [0.15, 0.2) is 10.9 Å². The Hall–Kier alpha value is -0.940. The SMILES string of the molecule is CC1CN(C(=O)c2cscn2)CC(C)O1. The van der Waals surface area contributed by atoms with E-state index in [1.165, 1.54) is 11.3 Å². The van der Waals surface area contributed by atoms with Crippen LogP contribution in [0.1, 0.15) is 24.3 Å². The van der Waals surface area contributed by atoms with Gasteiger partial charge >= 0.3 is 0 Å². The van der Waals surface area contributed by atoms with Gasteiger partial charge in [0.2, 0.25) is 0 Å². The molecule has 4 nitrogen and oxygen atoms in total. The predicted molar refractivity (Wildman–Crippen MR) is 58.0 cm³/mol. The molecule has 1 aromatic rings. The van der Waals surface area contributed by atoms with Gasteiger partial charge < -0.3 is 9.64 Å². The van der Waals surface area contributed by atoms with E-state index in [9.17, 15) is 4.79 Å². The normalized spacial score (nSPS) is 26.7. The number of thiazole rings is 1. The van der Waals surface area contributed by atoms with Crippen LogP contribution in [0.4, 0.5) is 0 Å². The van der Waals surface area contributed by atoms with Crippen molar-refractivity contribution in [1.29, 1.82) is 0 Å². The van der Waals surface area contributed by atoms with Crippen molar-refractivity contribution in [1.82, 2.24) is 9.88 Å². The molecule has 2 rings (SSSR count). The maximum absolute atomic E-state index is 12.0. The van der Waals surface area contributed by atoms with Gasteiger partial charge in [-0.3, -0.25) is 4.79 Å². The summed E-state index contributed by atoms with van der Waals surface area (Å²) in [6.45, 7) is 5.27. The standard InChI is InChI=1S/C10H14N2O2S/c1-7-3-12(4-8(2)14-7)10(13)9-5-15-6-11-9/h5-8H,3-4H2,1-2H3. The number of hydrogen-bond acceptors (Lipinski definition) is 4. The van der Waals surface area contributed by atoms with E-state index in [0.29, 0.717) is 18.8 Å². The summed E-state index contributed by atoms with van der Waals surface area (Å²) in [5.41, 5.74) is 2.22. The number of carbonyl (C=O) groups is 1. The number of carbonyl (C=O) groups excluding carboxylic acids is 1. The van der Waals surface area contributed by atoms with Crippen LogP contribution < -0.4 is 0 Å². The molecule has 5 heteroatoms. The molecule has 0 aliphatic carbocycles. The Bertz CT molecular complexity index is 329. The molecule has 2 heterocycles. The smallest absolute Gasteiger partial charge is 0.273 e. The Morgan fingerprint density at radius 2 is 2.20 bits per heavy atom. The summed E-state index contributed by atoms with van der Waals surface area (Å²) in [6.07, 6.45) is 0.215. The largest absolute Gasteiger partial charge is 0.372 e. The average molecular weight is 226 g/mol. The van der Waals surface area contributed by atoms with Gasteiger partial charge in [-0.05, 0) is 13.8 Å². The minimum Gasteiger partial charge on any atom is -0.372 e. The summed E-state index contributed by atoms with van der Waals surface area (Å²) in [5.74, 6) is 0.0123. The van der Waals surface area contributed by atoms with Gasteiger partial charge in [0.25, 0.3) is 5.91 Å². The number of hydrogen-bond donors (Lipinski definition) is 0. The van der Waals surface area contributed by atoms with Crippen molar-refractivity contribution in [2.45, 2.75) is 26.1 Å². The van der Waals surface area contributed by atoms with Gasteiger partial charge in [-0.25, -0.2) is 4.98 Å². The zero-order valence-corrected chi connectivity index (χ0v) is 9.66. The third kappa shape index (κ3) is 2.35. The van der Waals surface area contributed by atoms with E-state index >= 15 is 0 Å². The number of morpholine rings is 1. The zero-order chi connectivity index (χ0) is 10.8. The van der Waals surface area contributed by atoms with Crippen molar-refractivity contribution in [2.24, 2.45) is 0 Å². The van der Waals surface area contributed by atoms with Crippen LogP contribution in [-0.4, -0.2) is 41.1 Å². The molecule has 1 aromatic heterocycles. The van der Waals surface area contributed by atoms with Crippen LogP contribution in [0.25, 0.3) is 0 Å². The van der Waals surface area contributed by atoms with Crippen LogP contribution in [0.5, 0.6) is 0 Å². The van der Waals surface area contributed by atoms with Crippen LogP contribution in [-0.2, 0) is 4.74 Å². The lowest BCUT2D eigenvalue weighted by Crippen LogP contribution is -2.48. The van der Waals surface area contributed by atoms with Crippen molar-refractivity contribution in [2.75, 3.05) is 13.1 Å². The second kappa shape index (κ2) is 4.28. The molecular formula is C10H14N2O2S. The van der Waals surface area contributed by atoms with E-state index in [2.05, 4.69) is 4.98 Å². The molecule has 0 aromatic carbocycles. The fourth-order valence-electron chi connectivity index (χ4n) is 1.82. The first-order valence-electron chi connectivity index (χ1n) is 4.99. The highest BCUT2D eigenvalue weighted by molar-refractivity contribution is 7.07. The Balaban J connectivity index is 2.07. The van der Waals surface area contributed by atoms with E-state index in [0.717, 1.165) is 0 Å². The Labute approximate surface area is 92.9 Å². The van der Waals surface area contributed by atoms with Crippen molar-refractivity contribution < 1.29 is 9.53 Å². The molecule has 0 spiro atoms. The lowest BCUT2D eigenvalue weighted by atomic mass is 10.2. The van der Waals surface area contributed by atoms with Gasteiger partial charge in [0.05, 0.1) is 17.7 Å². The van der Waals surface area contributed by atoms with Crippen molar-refractivity contribution >= 4 is 17.2 Å². The lowest BCUT2D eigenvalue weighted by Gasteiger charge is -2.34. The van der Waals surface area contributed by atoms with Gasteiger partial charge in [0.1, 0.15) is 5.69 Å². The predicted octanol–water partition coefficient (Wildman–Crippen LogP) is 1.39. The summed E-state index contributed by atoms with van der Waals surface area (Å²) < 4.78 is 5.57. The minimum absolute atomic E-state index is 0.0123. The van der Waals surface area contributed by atoms with E-state index in [1.807, 2.05) is 18.7 Å². The van der Waals surface area contributed by atoms with Gasteiger partial charge in [-0.15, -0.1) is 11.3 Å². The molecule has 0 N–H and O–H groups in total. The maximum atomic E-state index is 12.0. The highest BCUT2D eigenvalue weighted by Gasteiger charge is 2.27. The van der Waals surface area contributed by atoms with Gasteiger partial charge in [-0.1, -0.05) is 0 Å². The summed E-state index contributed by atoms with van der Waals surface area (Å²) in [5, 5.41) is 1.78. The number of amides is 1. The molecule has 0 radical (unpaired) electrons. The van der Waals surface area contributed by atoms with E-state index < -0.39 is 0 Å². The molecule has 1 aliphatic heterocycles. The van der Waals surface area contributed by atoms with Gasteiger partial charge in [0, 0.05) is 18.5 Å². The molecule has 1 amide bonds. The van der Waals surface area contributed by atoms with Gasteiger partial charge in [0.15, 0.2) is 0 Å². The molecule has 2 unspecified atom stereocenters. The summed E-state index contributed by atoms with van der Waals surface area (Å²) in [4.78, 5) is 17.8. The first-order chi connectivity index (χ1) is 7.16. The highest BCUT2D eigenvalue weighted by Crippen LogP contribution is 2.14. The maximum Gasteiger partial charge on any atom is 0.273 e. The van der Waals surface area contributed by atoms with E-state index in [-0.39, 0.29) is 18.1 Å². The number of aromatic nitrogens is 1. The minimum atomic E-state index is 0.0123. The molecule has 1 aliphatic rings. The second-order valence-electron chi connectivity index (χ2n) is 3.84. The summed E-state index contributed by atoms with van der Waals surface area (Å²) in [7, 11) is 0. The Kier molecular flexibility index (Phi) is 3.02. The van der Waals surface area contributed by atoms with E-state index in [4.69, 9.17) is 4.74 Å².